The minimum absolute atomic E-state index is 0.0255. The lowest BCUT2D eigenvalue weighted by Gasteiger charge is -2.48. The molecule has 1 aromatic carbocycles. The molecule has 1 aromatic heterocycles. The van der Waals surface area contributed by atoms with Crippen LogP contribution in [0, 0.1) is 6.92 Å². The summed E-state index contributed by atoms with van der Waals surface area (Å²) in [6.45, 7) is 3.67. The van der Waals surface area contributed by atoms with E-state index in [9.17, 15) is 19.2 Å². The number of aromatic nitrogens is 1. The highest BCUT2D eigenvalue weighted by Gasteiger charge is 2.52. The summed E-state index contributed by atoms with van der Waals surface area (Å²) in [7, 11) is 1.28. The Morgan fingerprint density at radius 3 is 2.77 bits per heavy atom. The molecule has 1 unspecified atom stereocenters. The maximum atomic E-state index is 13.2. The highest BCUT2D eigenvalue weighted by molar-refractivity contribution is 7.17. The van der Waals surface area contributed by atoms with Crippen LogP contribution >= 0.6 is 11.3 Å². The number of ether oxygens (including phenoxy) is 1. The lowest BCUT2D eigenvalue weighted by molar-refractivity contribution is -0.117. The molecule has 4 rings (SSSR count). The van der Waals surface area contributed by atoms with Gasteiger partial charge in [-0.3, -0.25) is 19.3 Å². The number of aryl methyl sites for hydroxylation is 1. The molecule has 2 aromatic rings. The number of methoxy groups -OCH3 is 1. The largest absolute Gasteiger partial charge is 0.465 e. The number of thiazole rings is 1. The van der Waals surface area contributed by atoms with Crippen molar-refractivity contribution in [3.63, 3.8) is 0 Å². The number of benzene rings is 1. The summed E-state index contributed by atoms with van der Waals surface area (Å²) < 4.78 is 4.71. The molecule has 1 N–H and O–H groups in total. The number of amides is 3. The fourth-order valence-electron chi connectivity index (χ4n) is 4.17. The second-order valence-corrected chi connectivity index (χ2v) is 8.64. The standard InChI is InChI=1S/C21H22N4O5S/c1-12-17(19(29)30-3)31-20(22-12)23-15(26)9-11-24-18(28)13-6-4-5-7-14(13)25-16(27)8-10-21(24,25)2/h4-7H,8-11H2,1-3H3,(H,22,23,26). The first kappa shape index (κ1) is 21.0. The van der Waals surface area contributed by atoms with Gasteiger partial charge in [0.2, 0.25) is 11.8 Å². The first-order chi connectivity index (χ1) is 14.8. The molecule has 1 fully saturated rings. The summed E-state index contributed by atoms with van der Waals surface area (Å²) in [6.07, 6.45) is 0.870. The van der Waals surface area contributed by atoms with Crippen molar-refractivity contribution in [1.82, 2.24) is 9.88 Å². The second kappa shape index (κ2) is 7.77. The monoisotopic (exact) mass is 442 g/mol. The Labute approximate surface area is 183 Å². The average Bonchev–Trinajstić information content (AvgIpc) is 3.26. The van der Waals surface area contributed by atoms with Crippen molar-refractivity contribution in [2.45, 2.75) is 38.8 Å². The molecule has 2 aliphatic rings. The third-order valence-corrected chi connectivity index (χ3v) is 6.77. The predicted octanol–water partition coefficient (Wildman–Crippen LogP) is 2.57. The third kappa shape index (κ3) is 3.46. The zero-order valence-electron chi connectivity index (χ0n) is 17.4. The maximum absolute atomic E-state index is 13.2. The van der Waals surface area contributed by atoms with E-state index >= 15 is 0 Å². The molecule has 9 nitrogen and oxygen atoms in total. The lowest BCUT2D eigenvalue weighted by atomic mass is 9.98. The number of esters is 1. The van der Waals surface area contributed by atoms with Gasteiger partial charge in [0.05, 0.1) is 24.1 Å². The van der Waals surface area contributed by atoms with Gasteiger partial charge < -0.3 is 15.0 Å². The second-order valence-electron chi connectivity index (χ2n) is 7.64. The normalized spacial score (nSPS) is 19.8. The van der Waals surface area contributed by atoms with Crippen LogP contribution in [0.25, 0.3) is 0 Å². The molecule has 3 heterocycles. The number of nitrogens with zero attached hydrogens (tertiary/aromatic N) is 3. The van der Waals surface area contributed by atoms with E-state index in [0.717, 1.165) is 11.3 Å². The number of nitrogens with one attached hydrogen (secondary N) is 1. The minimum atomic E-state index is -0.807. The number of rotatable bonds is 5. The smallest absolute Gasteiger partial charge is 0.350 e. The van der Waals surface area contributed by atoms with Crippen molar-refractivity contribution < 1.29 is 23.9 Å². The Morgan fingerprint density at radius 2 is 2.03 bits per heavy atom. The minimum Gasteiger partial charge on any atom is -0.465 e. The van der Waals surface area contributed by atoms with Gasteiger partial charge in [0, 0.05) is 19.4 Å². The number of para-hydroxylation sites is 1. The van der Waals surface area contributed by atoms with Gasteiger partial charge in [-0.1, -0.05) is 23.5 Å². The van der Waals surface area contributed by atoms with Crippen molar-refractivity contribution >= 4 is 45.8 Å². The Bertz CT molecular complexity index is 1100. The van der Waals surface area contributed by atoms with Crippen molar-refractivity contribution in [1.29, 1.82) is 0 Å². The molecule has 1 atom stereocenters. The molecule has 162 valence electrons. The topological polar surface area (TPSA) is 109 Å². The van der Waals surface area contributed by atoms with E-state index in [2.05, 4.69) is 10.3 Å². The van der Waals surface area contributed by atoms with Crippen LogP contribution in [-0.4, -0.2) is 52.9 Å². The van der Waals surface area contributed by atoms with Gasteiger partial charge in [0.25, 0.3) is 5.91 Å². The Balaban J connectivity index is 1.50. The van der Waals surface area contributed by atoms with Crippen LogP contribution in [0.3, 0.4) is 0 Å². The molecule has 0 radical (unpaired) electrons. The van der Waals surface area contributed by atoms with E-state index in [4.69, 9.17) is 4.74 Å². The van der Waals surface area contributed by atoms with Crippen LogP contribution in [0.4, 0.5) is 10.8 Å². The molecule has 2 aliphatic heterocycles. The van der Waals surface area contributed by atoms with E-state index in [1.807, 2.05) is 6.92 Å². The number of fused-ring (bicyclic) bond motifs is 3. The van der Waals surface area contributed by atoms with E-state index < -0.39 is 11.6 Å². The first-order valence-corrected chi connectivity index (χ1v) is 10.7. The van der Waals surface area contributed by atoms with Gasteiger partial charge >= 0.3 is 5.97 Å². The highest BCUT2D eigenvalue weighted by atomic mass is 32.1. The highest BCUT2D eigenvalue weighted by Crippen LogP contribution is 2.44. The summed E-state index contributed by atoms with van der Waals surface area (Å²) in [6, 6.07) is 7.04. The van der Waals surface area contributed by atoms with Crippen LogP contribution < -0.4 is 10.2 Å². The third-order valence-electron chi connectivity index (χ3n) is 5.72. The molecule has 1 saturated heterocycles. The zero-order valence-corrected chi connectivity index (χ0v) is 18.2. The van der Waals surface area contributed by atoms with E-state index in [-0.39, 0.29) is 30.7 Å². The van der Waals surface area contributed by atoms with Crippen molar-refractivity contribution in [2.75, 3.05) is 23.9 Å². The van der Waals surface area contributed by atoms with Crippen LogP contribution in [0.1, 0.15) is 51.9 Å². The summed E-state index contributed by atoms with van der Waals surface area (Å²) in [5, 5.41) is 2.97. The van der Waals surface area contributed by atoms with Gasteiger partial charge in [-0.05, 0) is 32.4 Å². The molecular weight excluding hydrogens is 420 g/mol. The van der Waals surface area contributed by atoms with Crippen molar-refractivity contribution in [3.8, 4) is 0 Å². The summed E-state index contributed by atoms with van der Waals surface area (Å²) in [5.41, 5.74) is 0.738. The summed E-state index contributed by atoms with van der Waals surface area (Å²) >= 11 is 1.04. The predicted molar refractivity (Wildman–Crippen MR) is 114 cm³/mol. The zero-order chi connectivity index (χ0) is 22.3. The van der Waals surface area contributed by atoms with Crippen LogP contribution in [0.2, 0.25) is 0 Å². The summed E-state index contributed by atoms with van der Waals surface area (Å²) in [4.78, 5) is 57.9. The quantitative estimate of drug-likeness (QED) is 0.713. The molecule has 31 heavy (non-hydrogen) atoms. The van der Waals surface area contributed by atoms with Gasteiger partial charge in [-0.15, -0.1) is 0 Å². The Kier molecular flexibility index (Phi) is 5.26. The van der Waals surface area contributed by atoms with Gasteiger partial charge in [0.15, 0.2) is 5.13 Å². The average molecular weight is 442 g/mol. The van der Waals surface area contributed by atoms with E-state index in [1.54, 1.807) is 41.0 Å². The van der Waals surface area contributed by atoms with Gasteiger partial charge in [-0.2, -0.15) is 0 Å². The Hall–Kier alpha value is -3.27. The van der Waals surface area contributed by atoms with Crippen molar-refractivity contribution in [3.05, 3.63) is 40.4 Å². The lowest BCUT2D eigenvalue weighted by Crippen LogP contribution is -2.62. The number of carbonyl (C=O) groups is 4. The first-order valence-electron chi connectivity index (χ1n) is 9.86. The molecule has 3 amide bonds. The molecule has 0 bridgehead atoms. The molecule has 0 spiro atoms. The molecule has 0 aliphatic carbocycles. The van der Waals surface area contributed by atoms with Gasteiger partial charge in [0.1, 0.15) is 10.5 Å². The fourth-order valence-corrected chi connectivity index (χ4v) is 5.07. The molecular formula is C21H22N4O5S. The van der Waals surface area contributed by atoms with Crippen LogP contribution in [0.15, 0.2) is 24.3 Å². The molecule has 10 heteroatoms. The number of carbonyl (C=O) groups excluding carboxylic acids is 4. The number of anilines is 2. The fraction of sp³-hybridized carbons (Fsp3) is 0.381. The molecule has 0 saturated carbocycles. The summed E-state index contributed by atoms with van der Waals surface area (Å²) in [5.74, 6) is -1.08. The number of hydrogen-bond donors (Lipinski definition) is 1. The van der Waals surface area contributed by atoms with E-state index in [0.29, 0.717) is 39.8 Å². The van der Waals surface area contributed by atoms with E-state index in [1.165, 1.54) is 7.11 Å². The Morgan fingerprint density at radius 1 is 1.29 bits per heavy atom. The van der Waals surface area contributed by atoms with Crippen LogP contribution in [0.5, 0.6) is 0 Å². The van der Waals surface area contributed by atoms with Crippen molar-refractivity contribution in [2.24, 2.45) is 0 Å². The number of hydrogen-bond acceptors (Lipinski definition) is 7. The van der Waals surface area contributed by atoms with Gasteiger partial charge in [-0.25, -0.2) is 9.78 Å². The maximum Gasteiger partial charge on any atom is 0.350 e. The van der Waals surface area contributed by atoms with Crippen LogP contribution in [-0.2, 0) is 14.3 Å². The SMILES string of the molecule is COC(=O)c1sc(NC(=O)CCN2C(=O)c3ccccc3N3C(=O)CCC23C)nc1C.